The van der Waals surface area contributed by atoms with Gasteiger partial charge in [-0.1, -0.05) is 66.0 Å². The minimum atomic E-state index is -4.17. The maximum Gasteiger partial charge on any atom is 0.264 e. The fourth-order valence-corrected chi connectivity index (χ4v) is 5.85. The van der Waals surface area contributed by atoms with Crippen LogP contribution in [0.2, 0.25) is 15.1 Å². The molecule has 11 heteroatoms. The van der Waals surface area contributed by atoms with E-state index in [4.69, 9.17) is 34.8 Å². The Morgan fingerprint density at radius 1 is 0.897 bits per heavy atom. The van der Waals surface area contributed by atoms with Gasteiger partial charge in [-0.3, -0.25) is 13.9 Å². The molecule has 0 aliphatic heterocycles. The van der Waals surface area contributed by atoms with E-state index < -0.39 is 28.5 Å². The van der Waals surface area contributed by atoms with Crippen LogP contribution in [0.3, 0.4) is 0 Å². The molecule has 0 heterocycles. The van der Waals surface area contributed by atoms with Gasteiger partial charge in [-0.15, -0.1) is 0 Å². The van der Waals surface area contributed by atoms with Crippen molar-refractivity contribution < 1.29 is 18.0 Å². The molecule has 0 saturated heterocycles. The van der Waals surface area contributed by atoms with Crippen LogP contribution in [-0.4, -0.2) is 43.8 Å². The number of benzene rings is 3. The minimum Gasteiger partial charge on any atom is -0.352 e. The van der Waals surface area contributed by atoms with Crippen LogP contribution in [0.15, 0.2) is 77.7 Å². The monoisotopic (exact) mass is 609 g/mol. The molecule has 0 spiro atoms. The summed E-state index contributed by atoms with van der Waals surface area (Å²) in [6.07, 6.45) is 0.306. The largest absolute Gasteiger partial charge is 0.352 e. The van der Waals surface area contributed by atoms with Crippen LogP contribution in [0.25, 0.3) is 0 Å². The standard InChI is InChI=1S/C28H30Cl3N3O4S/c1-4-26(28(36)32-19(2)3)33(17-20-10-15-24(30)25(31)16-20)27(35)18-34(22-8-6-5-7-9-22)39(37,38)23-13-11-21(29)12-14-23/h5-16,19,26H,4,17-18H2,1-3H3,(H,32,36)/t26-/m1/s1. The predicted octanol–water partition coefficient (Wildman–Crippen LogP) is 6.17. The summed E-state index contributed by atoms with van der Waals surface area (Å²) in [5.41, 5.74) is 0.940. The molecule has 0 aromatic heterocycles. The summed E-state index contributed by atoms with van der Waals surface area (Å²) < 4.78 is 28.6. The van der Waals surface area contributed by atoms with Crippen molar-refractivity contribution in [2.45, 2.75) is 50.7 Å². The molecule has 39 heavy (non-hydrogen) atoms. The second kappa shape index (κ2) is 13.5. The predicted molar refractivity (Wildman–Crippen MR) is 157 cm³/mol. The Hall–Kier alpha value is -2.78. The number of carbonyl (C=O) groups excluding carboxylic acids is 2. The Morgan fingerprint density at radius 2 is 1.54 bits per heavy atom. The van der Waals surface area contributed by atoms with Gasteiger partial charge in [-0.25, -0.2) is 8.42 Å². The van der Waals surface area contributed by atoms with Gasteiger partial charge in [-0.2, -0.15) is 0 Å². The number of hydrogen-bond donors (Lipinski definition) is 1. The van der Waals surface area contributed by atoms with E-state index in [1.54, 1.807) is 55.5 Å². The molecule has 0 saturated carbocycles. The maximum atomic E-state index is 14.0. The van der Waals surface area contributed by atoms with E-state index in [-0.39, 0.29) is 23.4 Å². The molecule has 1 atom stereocenters. The number of hydrogen-bond acceptors (Lipinski definition) is 4. The summed E-state index contributed by atoms with van der Waals surface area (Å²) in [5, 5.41) is 3.90. The second-order valence-corrected chi connectivity index (χ2v) is 12.3. The van der Waals surface area contributed by atoms with Gasteiger partial charge in [0.15, 0.2) is 0 Å². The molecule has 0 unspecified atom stereocenters. The summed E-state index contributed by atoms with van der Waals surface area (Å²) in [7, 11) is -4.17. The zero-order valence-electron chi connectivity index (χ0n) is 21.8. The Bertz CT molecular complexity index is 1400. The lowest BCUT2D eigenvalue weighted by atomic mass is 10.1. The number of anilines is 1. The molecule has 2 amide bonds. The molecule has 0 aliphatic carbocycles. The number of halogens is 3. The zero-order valence-corrected chi connectivity index (χ0v) is 24.9. The molecule has 0 bridgehead atoms. The summed E-state index contributed by atoms with van der Waals surface area (Å²) in [6, 6.07) is 18.0. The third-order valence-corrected chi connectivity index (χ3v) is 8.66. The summed E-state index contributed by atoms with van der Waals surface area (Å²) in [4.78, 5) is 28.5. The Morgan fingerprint density at radius 3 is 2.10 bits per heavy atom. The number of carbonyl (C=O) groups is 2. The molecule has 3 rings (SSSR count). The van der Waals surface area contributed by atoms with E-state index in [2.05, 4.69) is 5.32 Å². The Balaban J connectivity index is 2.05. The van der Waals surface area contributed by atoms with Crippen molar-refractivity contribution in [1.82, 2.24) is 10.2 Å². The average molecular weight is 611 g/mol. The van der Waals surface area contributed by atoms with Crippen molar-refractivity contribution >= 4 is 62.3 Å². The van der Waals surface area contributed by atoms with Crippen LogP contribution in [0.5, 0.6) is 0 Å². The summed E-state index contributed by atoms with van der Waals surface area (Å²) in [5.74, 6) is -0.902. The molecule has 208 valence electrons. The first-order chi connectivity index (χ1) is 18.4. The van der Waals surface area contributed by atoms with E-state index in [1.807, 2.05) is 13.8 Å². The molecule has 0 radical (unpaired) electrons. The summed E-state index contributed by atoms with van der Waals surface area (Å²) in [6.45, 7) is 4.92. The van der Waals surface area contributed by atoms with Crippen LogP contribution in [0, 0.1) is 0 Å². The normalized spacial score (nSPS) is 12.2. The van der Waals surface area contributed by atoms with E-state index in [9.17, 15) is 18.0 Å². The highest BCUT2D eigenvalue weighted by atomic mass is 35.5. The fraction of sp³-hybridized carbons (Fsp3) is 0.286. The lowest BCUT2D eigenvalue weighted by molar-refractivity contribution is -0.140. The Labute approximate surface area is 244 Å². The van der Waals surface area contributed by atoms with Crippen molar-refractivity contribution in [3.8, 4) is 0 Å². The quantitative estimate of drug-likeness (QED) is 0.281. The number of sulfonamides is 1. The molecule has 1 N–H and O–H groups in total. The van der Waals surface area contributed by atoms with E-state index in [1.165, 1.54) is 29.2 Å². The van der Waals surface area contributed by atoms with Crippen LogP contribution in [0.1, 0.15) is 32.8 Å². The zero-order chi connectivity index (χ0) is 28.7. The lowest BCUT2D eigenvalue weighted by Crippen LogP contribution is -2.53. The molecule has 0 fully saturated rings. The first kappa shape index (κ1) is 30.8. The van der Waals surface area contributed by atoms with Gasteiger partial charge >= 0.3 is 0 Å². The van der Waals surface area contributed by atoms with Gasteiger partial charge in [-0.05, 0) is 74.4 Å². The molecular weight excluding hydrogens is 581 g/mol. The highest BCUT2D eigenvalue weighted by Crippen LogP contribution is 2.27. The SMILES string of the molecule is CC[C@H](C(=O)NC(C)C)N(Cc1ccc(Cl)c(Cl)c1)C(=O)CN(c1ccccc1)S(=O)(=O)c1ccc(Cl)cc1. The van der Waals surface area contributed by atoms with E-state index >= 15 is 0 Å². The number of nitrogens with zero attached hydrogens (tertiary/aromatic N) is 2. The highest BCUT2D eigenvalue weighted by molar-refractivity contribution is 7.92. The number of nitrogens with one attached hydrogen (secondary N) is 1. The third-order valence-electron chi connectivity index (χ3n) is 5.88. The van der Waals surface area contributed by atoms with Gasteiger partial charge in [0.2, 0.25) is 11.8 Å². The van der Waals surface area contributed by atoms with Gasteiger partial charge < -0.3 is 10.2 Å². The van der Waals surface area contributed by atoms with Crippen molar-refractivity contribution in [2.75, 3.05) is 10.8 Å². The van der Waals surface area contributed by atoms with Gasteiger partial charge in [0, 0.05) is 17.6 Å². The van der Waals surface area contributed by atoms with E-state index in [0.29, 0.717) is 32.7 Å². The molecule has 7 nitrogen and oxygen atoms in total. The van der Waals surface area contributed by atoms with E-state index in [0.717, 1.165) is 4.31 Å². The van der Waals surface area contributed by atoms with Crippen molar-refractivity contribution in [3.63, 3.8) is 0 Å². The number of para-hydroxylation sites is 1. The Kier molecular flexibility index (Phi) is 10.7. The van der Waals surface area contributed by atoms with Gasteiger partial charge in [0.25, 0.3) is 10.0 Å². The molecular formula is C28H30Cl3N3O4S. The first-order valence-electron chi connectivity index (χ1n) is 12.3. The molecule has 3 aromatic carbocycles. The lowest BCUT2D eigenvalue weighted by Gasteiger charge is -2.33. The maximum absolute atomic E-state index is 14.0. The van der Waals surface area contributed by atoms with Crippen molar-refractivity contribution in [1.29, 1.82) is 0 Å². The van der Waals surface area contributed by atoms with Crippen LogP contribution in [0.4, 0.5) is 5.69 Å². The molecule has 0 aliphatic rings. The smallest absolute Gasteiger partial charge is 0.264 e. The first-order valence-corrected chi connectivity index (χ1v) is 14.9. The van der Waals surface area contributed by atoms with Crippen molar-refractivity contribution in [2.24, 2.45) is 0 Å². The number of rotatable bonds is 11. The minimum absolute atomic E-state index is 0.0172. The van der Waals surface area contributed by atoms with Crippen LogP contribution in [-0.2, 0) is 26.2 Å². The third kappa shape index (κ3) is 7.88. The second-order valence-electron chi connectivity index (χ2n) is 9.16. The van der Waals surface area contributed by atoms with Crippen molar-refractivity contribution in [3.05, 3.63) is 93.4 Å². The van der Waals surface area contributed by atoms with Crippen LogP contribution >= 0.6 is 34.8 Å². The highest BCUT2D eigenvalue weighted by Gasteiger charge is 2.33. The average Bonchev–Trinajstić information content (AvgIpc) is 2.89. The van der Waals surface area contributed by atoms with Crippen LogP contribution < -0.4 is 9.62 Å². The summed E-state index contributed by atoms with van der Waals surface area (Å²) >= 11 is 18.3. The fourth-order valence-electron chi connectivity index (χ4n) is 3.99. The number of amides is 2. The molecule has 3 aromatic rings. The van der Waals surface area contributed by atoms with Gasteiger partial charge in [0.1, 0.15) is 12.6 Å². The van der Waals surface area contributed by atoms with Gasteiger partial charge in [0.05, 0.1) is 20.6 Å². The topological polar surface area (TPSA) is 86.8 Å².